The smallest absolute Gasteiger partial charge is 0.247 e. The lowest BCUT2D eigenvalue weighted by atomic mass is 10.1. The van der Waals surface area contributed by atoms with Gasteiger partial charge in [0.05, 0.1) is 6.10 Å². The van der Waals surface area contributed by atoms with Crippen molar-refractivity contribution in [3.63, 3.8) is 0 Å². The summed E-state index contributed by atoms with van der Waals surface area (Å²) in [6.45, 7) is 1.82. The Morgan fingerprint density at radius 3 is 2.59 bits per heavy atom. The largest absolute Gasteiger partial charge is 0.391 e. The molecule has 2 rings (SSSR count). The van der Waals surface area contributed by atoms with Crippen molar-refractivity contribution < 1.29 is 14.7 Å². The van der Waals surface area contributed by atoms with Crippen molar-refractivity contribution in [2.24, 2.45) is 5.92 Å². The highest BCUT2D eigenvalue weighted by Gasteiger charge is 2.35. The number of halogens is 1. The van der Waals surface area contributed by atoms with Gasteiger partial charge in [-0.2, -0.15) is 0 Å². The predicted octanol–water partition coefficient (Wildman–Crippen LogP) is 1.57. The summed E-state index contributed by atoms with van der Waals surface area (Å²) in [5.74, 6) is -0.503. The molecule has 2 atom stereocenters. The van der Waals surface area contributed by atoms with E-state index in [1.807, 2.05) is 18.2 Å². The highest BCUT2D eigenvalue weighted by molar-refractivity contribution is 6.31. The van der Waals surface area contributed by atoms with Gasteiger partial charge in [0.1, 0.15) is 6.04 Å². The Kier molecular flexibility index (Phi) is 5.42. The van der Waals surface area contributed by atoms with Gasteiger partial charge in [0.15, 0.2) is 0 Å². The molecule has 22 heavy (non-hydrogen) atoms. The van der Waals surface area contributed by atoms with Crippen molar-refractivity contribution in [3.8, 4) is 0 Å². The molecule has 1 aromatic rings. The van der Waals surface area contributed by atoms with E-state index < -0.39 is 12.1 Å². The molecule has 2 N–H and O–H groups in total. The number of amides is 2. The average molecular weight is 325 g/mol. The molecule has 1 aliphatic rings. The minimum Gasteiger partial charge on any atom is -0.391 e. The number of rotatable bonds is 6. The quantitative estimate of drug-likeness (QED) is 0.834. The zero-order valence-electron chi connectivity index (χ0n) is 12.8. The van der Waals surface area contributed by atoms with Crippen molar-refractivity contribution in [1.29, 1.82) is 0 Å². The van der Waals surface area contributed by atoms with Gasteiger partial charge >= 0.3 is 0 Å². The van der Waals surface area contributed by atoms with Crippen LogP contribution in [0.1, 0.15) is 25.3 Å². The fraction of sp³-hybridized carbons (Fsp3) is 0.500. The molecule has 2 amide bonds. The monoisotopic (exact) mass is 324 g/mol. The molecule has 0 aromatic heterocycles. The van der Waals surface area contributed by atoms with E-state index in [2.05, 4.69) is 5.32 Å². The molecule has 0 heterocycles. The van der Waals surface area contributed by atoms with Crippen LogP contribution in [0.4, 0.5) is 0 Å². The van der Waals surface area contributed by atoms with Crippen LogP contribution in [-0.2, 0) is 16.1 Å². The van der Waals surface area contributed by atoms with E-state index in [4.69, 9.17) is 11.6 Å². The Morgan fingerprint density at radius 1 is 1.41 bits per heavy atom. The lowest BCUT2D eigenvalue weighted by Crippen LogP contribution is -2.53. The molecular formula is C16H21ClN2O3. The molecule has 0 spiro atoms. The van der Waals surface area contributed by atoms with E-state index in [1.165, 1.54) is 11.8 Å². The highest BCUT2D eigenvalue weighted by atomic mass is 35.5. The molecule has 1 aromatic carbocycles. The Morgan fingerprint density at radius 2 is 2.05 bits per heavy atom. The first-order valence-corrected chi connectivity index (χ1v) is 7.74. The van der Waals surface area contributed by atoms with Crippen molar-refractivity contribution in [2.45, 2.75) is 38.5 Å². The number of likely N-dealkylation sites (N-methyl/N-ethyl adjacent to an activating group) is 1. The van der Waals surface area contributed by atoms with Crippen LogP contribution >= 0.6 is 11.6 Å². The summed E-state index contributed by atoms with van der Waals surface area (Å²) in [6.07, 6.45) is 0.744. The van der Waals surface area contributed by atoms with Crippen LogP contribution in [-0.4, -0.2) is 41.0 Å². The number of nitrogens with zero attached hydrogens (tertiary/aromatic N) is 1. The second kappa shape index (κ2) is 7.11. The van der Waals surface area contributed by atoms with Gasteiger partial charge < -0.3 is 15.3 Å². The summed E-state index contributed by atoms with van der Waals surface area (Å²) in [7, 11) is 1.63. The third-order valence-corrected chi connectivity index (χ3v) is 4.10. The number of nitrogens with one attached hydrogen (secondary N) is 1. The topological polar surface area (TPSA) is 69.6 Å². The molecule has 0 aliphatic heterocycles. The molecule has 0 saturated heterocycles. The van der Waals surface area contributed by atoms with E-state index >= 15 is 0 Å². The zero-order valence-corrected chi connectivity index (χ0v) is 13.5. The average Bonchev–Trinajstić information content (AvgIpc) is 3.30. The molecule has 5 nitrogen and oxygen atoms in total. The molecule has 1 saturated carbocycles. The van der Waals surface area contributed by atoms with Crippen LogP contribution in [0.15, 0.2) is 24.3 Å². The van der Waals surface area contributed by atoms with Crippen LogP contribution < -0.4 is 5.32 Å². The van der Waals surface area contributed by atoms with Crippen LogP contribution in [0.2, 0.25) is 5.02 Å². The first-order valence-electron chi connectivity index (χ1n) is 7.37. The molecule has 120 valence electrons. The van der Waals surface area contributed by atoms with Crippen LogP contribution in [0.5, 0.6) is 0 Å². The van der Waals surface area contributed by atoms with Gasteiger partial charge in [-0.05, 0) is 31.4 Å². The lowest BCUT2D eigenvalue weighted by Gasteiger charge is -2.26. The predicted molar refractivity (Wildman–Crippen MR) is 84.3 cm³/mol. The fourth-order valence-corrected chi connectivity index (χ4v) is 2.40. The maximum Gasteiger partial charge on any atom is 0.247 e. The third kappa shape index (κ3) is 4.21. The zero-order chi connectivity index (χ0) is 16.3. The van der Waals surface area contributed by atoms with E-state index in [9.17, 15) is 14.7 Å². The van der Waals surface area contributed by atoms with Crippen molar-refractivity contribution >= 4 is 23.4 Å². The normalized spacial score (nSPS) is 16.7. The minimum absolute atomic E-state index is 0.0112. The molecule has 0 bridgehead atoms. The molecule has 1 aliphatic carbocycles. The summed E-state index contributed by atoms with van der Waals surface area (Å²) in [5, 5.41) is 13.0. The van der Waals surface area contributed by atoms with Crippen molar-refractivity contribution in [2.75, 3.05) is 7.05 Å². The number of carbonyl (C=O) groups is 2. The summed E-state index contributed by atoms with van der Waals surface area (Å²) >= 11 is 6.09. The van der Waals surface area contributed by atoms with Gasteiger partial charge in [0, 0.05) is 24.5 Å². The molecular weight excluding hydrogens is 304 g/mol. The number of hydrogen-bond acceptors (Lipinski definition) is 3. The Hall–Kier alpha value is -1.59. The summed E-state index contributed by atoms with van der Waals surface area (Å²) in [5.41, 5.74) is 0.817. The van der Waals surface area contributed by atoms with E-state index in [0.29, 0.717) is 11.6 Å². The minimum atomic E-state index is -0.955. The van der Waals surface area contributed by atoms with E-state index in [1.54, 1.807) is 13.1 Å². The Bertz CT molecular complexity index is 558. The SMILES string of the molecule is CC(O)C(NC(=O)C1CC1)C(=O)N(C)Cc1ccccc1Cl. The van der Waals surface area contributed by atoms with E-state index in [0.717, 1.165) is 18.4 Å². The molecule has 0 radical (unpaired) electrons. The Labute approximate surface area is 135 Å². The number of benzene rings is 1. The van der Waals surface area contributed by atoms with Crippen LogP contribution in [0.3, 0.4) is 0 Å². The van der Waals surface area contributed by atoms with Crippen LogP contribution in [0.25, 0.3) is 0 Å². The van der Waals surface area contributed by atoms with Gasteiger partial charge in [-0.15, -0.1) is 0 Å². The maximum absolute atomic E-state index is 12.5. The number of aliphatic hydroxyl groups excluding tert-OH is 1. The fourth-order valence-electron chi connectivity index (χ4n) is 2.20. The van der Waals surface area contributed by atoms with Gasteiger partial charge in [-0.25, -0.2) is 0 Å². The first-order chi connectivity index (χ1) is 10.4. The summed E-state index contributed by atoms with van der Waals surface area (Å²) in [4.78, 5) is 25.8. The molecule has 1 fully saturated rings. The molecule has 2 unspecified atom stereocenters. The number of hydrogen-bond donors (Lipinski definition) is 2. The van der Waals surface area contributed by atoms with Gasteiger partial charge in [0.25, 0.3) is 0 Å². The second-order valence-electron chi connectivity index (χ2n) is 5.79. The summed E-state index contributed by atoms with van der Waals surface area (Å²) < 4.78 is 0. The van der Waals surface area contributed by atoms with Gasteiger partial charge in [-0.3, -0.25) is 9.59 Å². The highest BCUT2D eigenvalue weighted by Crippen LogP contribution is 2.29. The standard InChI is InChI=1S/C16H21ClN2O3/c1-10(20)14(18-15(21)11-7-8-11)16(22)19(2)9-12-5-3-4-6-13(12)17/h3-6,10-11,14,20H,7-9H2,1-2H3,(H,18,21). The van der Waals surface area contributed by atoms with Crippen molar-refractivity contribution in [1.82, 2.24) is 10.2 Å². The first kappa shape index (κ1) is 16.8. The number of aliphatic hydroxyl groups is 1. The second-order valence-corrected chi connectivity index (χ2v) is 6.19. The third-order valence-electron chi connectivity index (χ3n) is 3.74. The molecule has 6 heteroatoms. The van der Waals surface area contributed by atoms with Gasteiger partial charge in [-0.1, -0.05) is 29.8 Å². The number of carbonyl (C=O) groups excluding carboxylic acids is 2. The van der Waals surface area contributed by atoms with Crippen molar-refractivity contribution in [3.05, 3.63) is 34.9 Å². The van der Waals surface area contributed by atoms with Crippen LogP contribution in [0, 0.1) is 5.92 Å². The maximum atomic E-state index is 12.5. The lowest BCUT2D eigenvalue weighted by molar-refractivity contribution is -0.139. The van der Waals surface area contributed by atoms with Gasteiger partial charge in [0.2, 0.25) is 11.8 Å². The van der Waals surface area contributed by atoms with E-state index in [-0.39, 0.29) is 17.7 Å². The summed E-state index contributed by atoms with van der Waals surface area (Å²) in [6, 6.07) is 6.34. The Balaban J connectivity index is 2.02.